The summed E-state index contributed by atoms with van der Waals surface area (Å²) in [6.45, 7) is 4.00. The molecule has 1 aliphatic heterocycles. The number of allylic oxidation sites excluding steroid dienone is 2. The molecule has 3 rings (SSSR count). The van der Waals surface area contributed by atoms with Gasteiger partial charge in [0.25, 0.3) is 0 Å². The number of ether oxygens (including phenoxy) is 2. The first kappa shape index (κ1) is 18.6. The molecule has 136 valence electrons. The number of Topliss-reactive ketones (excluding diaryl/α,β-unsaturated/α-hetero) is 1. The highest BCUT2D eigenvalue weighted by atomic mass is 127. The van der Waals surface area contributed by atoms with E-state index in [1.807, 2.05) is 36.4 Å². The quantitative estimate of drug-likeness (QED) is 0.647. The van der Waals surface area contributed by atoms with Gasteiger partial charge in [-0.25, -0.2) is 0 Å². The molecule has 7 heteroatoms. The van der Waals surface area contributed by atoms with E-state index in [1.54, 1.807) is 12.1 Å². The van der Waals surface area contributed by atoms with Gasteiger partial charge in [-0.05, 0) is 40.1 Å². The summed E-state index contributed by atoms with van der Waals surface area (Å²) >= 11 is 1.98. The molecule has 0 fully saturated rings. The van der Waals surface area contributed by atoms with E-state index in [2.05, 4.69) is 6.07 Å². The predicted molar refractivity (Wildman–Crippen MR) is 103 cm³/mol. The van der Waals surface area contributed by atoms with Crippen molar-refractivity contribution in [3.63, 3.8) is 0 Å². The molecule has 0 spiro atoms. The molecule has 1 aliphatic carbocycles. The van der Waals surface area contributed by atoms with Gasteiger partial charge in [0.15, 0.2) is 23.4 Å². The van der Waals surface area contributed by atoms with Gasteiger partial charge < -0.3 is 20.3 Å². The number of ketones is 1. The second-order valence-corrected chi connectivity index (χ2v) is 8.39. The third-order valence-electron chi connectivity index (χ3n) is 4.61. The normalized spacial score (nSPS) is 21.8. The van der Waals surface area contributed by atoms with Crippen molar-refractivity contribution in [1.82, 2.24) is 0 Å². The number of nitrogens with zero attached hydrogens (tertiary/aromatic N) is 1. The number of hydrogen-bond donors (Lipinski definition) is 2. The zero-order valence-electron chi connectivity index (χ0n) is 14.7. The maximum absolute atomic E-state index is 12.5. The first-order valence-electron chi connectivity index (χ1n) is 8.08. The van der Waals surface area contributed by atoms with Crippen LogP contribution in [0.2, 0.25) is 0 Å². The molecular weight excluding hydrogens is 447 g/mol. The number of nitrogens with two attached hydrogens (primary N) is 1. The molecule has 1 atom stereocenters. The van der Waals surface area contributed by atoms with E-state index in [0.29, 0.717) is 33.3 Å². The van der Waals surface area contributed by atoms with Crippen molar-refractivity contribution in [2.24, 2.45) is 11.1 Å². The summed E-state index contributed by atoms with van der Waals surface area (Å²) < 4.78 is 11.9. The number of rotatable bonds is 2. The third-order valence-corrected chi connectivity index (χ3v) is 5.43. The standard InChI is InChI=1S/C19H19IN2O4/c1-19(2)6-12(23)15-14(7-19)26-18(10(8-21)16(15)22)9-4-11(20)17(24)13(5-9)25-3/h4-5,18,24H,6-7,22H2,1-3H3/t18-/m0/s1. The Hall–Kier alpha value is -2.21. The van der Waals surface area contributed by atoms with Gasteiger partial charge >= 0.3 is 0 Å². The van der Waals surface area contributed by atoms with E-state index in [-0.39, 0.29) is 34.0 Å². The first-order valence-corrected chi connectivity index (χ1v) is 9.16. The maximum atomic E-state index is 12.5. The Morgan fingerprint density at radius 2 is 2.12 bits per heavy atom. The van der Waals surface area contributed by atoms with Crippen molar-refractivity contribution < 1.29 is 19.4 Å². The van der Waals surface area contributed by atoms with Gasteiger partial charge in [0.05, 0.1) is 27.5 Å². The molecule has 0 unspecified atom stereocenters. The lowest BCUT2D eigenvalue weighted by Crippen LogP contribution is -2.33. The minimum absolute atomic E-state index is 0.0250. The first-order chi connectivity index (χ1) is 12.2. The van der Waals surface area contributed by atoms with Crippen LogP contribution in [0.25, 0.3) is 0 Å². The van der Waals surface area contributed by atoms with E-state index < -0.39 is 6.10 Å². The zero-order chi connectivity index (χ0) is 19.2. The fourth-order valence-corrected chi connectivity index (χ4v) is 4.02. The minimum atomic E-state index is -0.747. The summed E-state index contributed by atoms with van der Waals surface area (Å²) in [5.41, 5.74) is 7.31. The van der Waals surface area contributed by atoms with Crippen molar-refractivity contribution >= 4 is 28.4 Å². The molecule has 1 aromatic rings. The molecule has 0 saturated heterocycles. The summed E-state index contributed by atoms with van der Waals surface area (Å²) in [6.07, 6.45) is 0.184. The Morgan fingerprint density at radius 1 is 1.42 bits per heavy atom. The van der Waals surface area contributed by atoms with Gasteiger partial charge in [-0.2, -0.15) is 5.26 Å². The lowest BCUT2D eigenvalue weighted by molar-refractivity contribution is -0.118. The van der Waals surface area contributed by atoms with Crippen molar-refractivity contribution in [3.05, 3.63) is 43.9 Å². The zero-order valence-corrected chi connectivity index (χ0v) is 16.9. The van der Waals surface area contributed by atoms with Gasteiger partial charge in [0, 0.05) is 18.4 Å². The molecule has 26 heavy (non-hydrogen) atoms. The minimum Gasteiger partial charge on any atom is -0.504 e. The van der Waals surface area contributed by atoms with Crippen LogP contribution in [0.15, 0.2) is 34.7 Å². The molecule has 6 nitrogen and oxygen atoms in total. The fourth-order valence-electron chi connectivity index (χ4n) is 3.40. The van der Waals surface area contributed by atoms with Crippen LogP contribution >= 0.6 is 22.6 Å². The molecule has 0 amide bonds. The molecule has 0 bridgehead atoms. The smallest absolute Gasteiger partial charge is 0.171 e. The van der Waals surface area contributed by atoms with Crippen molar-refractivity contribution in [2.75, 3.05) is 7.11 Å². The number of halogens is 1. The van der Waals surface area contributed by atoms with Gasteiger partial charge in [0.2, 0.25) is 0 Å². The number of phenolic OH excluding ortho intramolecular Hbond substituents is 1. The van der Waals surface area contributed by atoms with Gasteiger partial charge in [-0.15, -0.1) is 0 Å². The molecular formula is C19H19IN2O4. The Kier molecular flexibility index (Phi) is 4.65. The van der Waals surface area contributed by atoms with Gasteiger partial charge in [-0.3, -0.25) is 4.79 Å². The molecule has 0 radical (unpaired) electrons. The number of carbonyl (C=O) groups is 1. The number of aromatic hydroxyl groups is 1. The van der Waals surface area contributed by atoms with Crippen LogP contribution in [0.5, 0.6) is 11.5 Å². The van der Waals surface area contributed by atoms with Crippen molar-refractivity contribution in [3.8, 4) is 17.6 Å². The van der Waals surface area contributed by atoms with Gasteiger partial charge in [-0.1, -0.05) is 13.8 Å². The Morgan fingerprint density at radius 3 is 2.73 bits per heavy atom. The molecule has 3 N–H and O–H groups in total. The molecule has 0 aromatic heterocycles. The van der Waals surface area contributed by atoms with E-state index in [0.717, 1.165) is 0 Å². The second kappa shape index (κ2) is 6.50. The Bertz CT molecular complexity index is 909. The van der Waals surface area contributed by atoms with Crippen LogP contribution in [-0.2, 0) is 9.53 Å². The SMILES string of the molecule is COc1cc([C@@H]2OC3=C(C(=O)CC(C)(C)C3)C(N)=C2C#N)cc(I)c1O. The van der Waals surface area contributed by atoms with Crippen molar-refractivity contribution in [1.29, 1.82) is 5.26 Å². The van der Waals surface area contributed by atoms with Crippen LogP contribution < -0.4 is 10.5 Å². The van der Waals surface area contributed by atoms with Crippen molar-refractivity contribution in [2.45, 2.75) is 32.8 Å². The third kappa shape index (κ3) is 3.03. The summed E-state index contributed by atoms with van der Waals surface area (Å²) in [4.78, 5) is 12.5. The lowest BCUT2D eigenvalue weighted by atomic mass is 9.74. The van der Waals surface area contributed by atoms with Gasteiger partial charge in [0.1, 0.15) is 11.8 Å². The predicted octanol–water partition coefficient (Wildman–Crippen LogP) is 3.46. The van der Waals surface area contributed by atoms with Crippen LogP contribution in [0.1, 0.15) is 38.4 Å². The number of methoxy groups -OCH3 is 1. The van der Waals surface area contributed by atoms with E-state index in [4.69, 9.17) is 15.2 Å². The Balaban J connectivity index is 2.14. The second-order valence-electron chi connectivity index (χ2n) is 7.23. The van der Waals surface area contributed by atoms with Crippen LogP contribution in [-0.4, -0.2) is 18.0 Å². The van der Waals surface area contributed by atoms with Crippen LogP contribution in [0, 0.1) is 20.3 Å². The van der Waals surface area contributed by atoms with E-state index in [9.17, 15) is 15.2 Å². The summed E-state index contributed by atoms with van der Waals surface area (Å²) in [6, 6.07) is 5.42. The highest BCUT2D eigenvalue weighted by molar-refractivity contribution is 14.1. The summed E-state index contributed by atoms with van der Waals surface area (Å²) in [7, 11) is 1.45. The molecule has 1 aromatic carbocycles. The highest BCUT2D eigenvalue weighted by Crippen LogP contribution is 2.47. The fraction of sp³-hybridized carbons (Fsp3) is 0.368. The maximum Gasteiger partial charge on any atom is 0.171 e. The average Bonchev–Trinajstić information content (AvgIpc) is 2.55. The Labute approximate surface area is 165 Å². The highest BCUT2D eigenvalue weighted by Gasteiger charge is 2.41. The molecule has 1 heterocycles. The number of phenols is 1. The van der Waals surface area contributed by atoms with Crippen LogP contribution in [0.4, 0.5) is 0 Å². The molecule has 0 saturated carbocycles. The number of nitriles is 1. The average molecular weight is 466 g/mol. The van der Waals surface area contributed by atoms with Crippen LogP contribution in [0.3, 0.4) is 0 Å². The largest absolute Gasteiger partial charge is 0.504 e. The number of benzene rings is 1. The topological polar surface area (TPSA) is 106 Å². The monoisotopic (exact) mass is 466 g/mol. The number of hydrogen-bond acceptors (Lipinski definition) is 6. The van der Waals surface area contributed by atoms with E-state index in [1.165, 1.54) is 7.11 Å². The summed E-state index contributed by atoms with van der Waals surface area (Å²) in [5, 5.41) is 19.7. The molecule has 2 aliphatic rings. The summed E-state index contributed by atoms with van der Waals surface area (Å²) in [5.74, 6) is 0.732. The lowest BCUT2D eigenvalue weighted by Gasteiger charge is -2.37. The number of carbonyl (C=O) groups excluding carboxylic acids is 1. The van der Waals surface area contributed by atoms with E-state index >= 15 is 0 Å².